The molecule has 0 aromatic heterocycles. The van der Waals surface area contributed by atoms with Gasteiger partial charge in [0.1, 0.15) is 4.99 Å². The molecule has 0 amide bonds. The molecule has 4 nitrogen and oxygen atoms in total. The van der Waals surface area contributed by atoms with E-state index in [0.717, 1.165) is 15.7 Å². The first kappa shape index (κ1) is 15.4. The van der Waals surface area contributed by atoms with E-state index < -0.39 is 6.10 Å². The SMILES string of the molecule is COCC(O)CN(C)c1ccc(C(N)=S)cc1Br. The fraction of sp³-hybridized carbons (Fsp3) is 0.417. The van der Waals surface area contributed by atoms with Crippen molar-refractivity contribution < 1.29 is 9.84 Å². The lowest BCUT2D eigenvalue weighted by Gasteiger charge is -2.23. The van der Waals surface area contributed by atoms with E-state index in [1.54, 1.807) is 7.11 Å². The van der Waals surface area contributed by atoms with Gasteiger partial charge in [-0.15, -0.1) is 0 Å². The van der Waals surface area contributed by atoms with Gasteiger partial charge in [-0.3, -0.25) is 0 Å². The van der Waals surface area contributed by atoms with Crippen molar-refractivity contribution in [2.24, 2.45) is 5.73 Å². The van der Waals surface area contributed by atoms with Gasteiger partial charge in [0.05, 0.1) is 18.4 Å². The van der Waals surface area contributed by atoms with E-state index in [-0.39, 0.29) is 0 Å². The molecule has 0 fully saturated rings. The molecule has 0 spiro atoms. The zero-order valence-corrected chi connectivity index (χ0v) is 12.8. The van der Waals surface area contributed by atoms with Crippen LogP contribution >= 0.6 is 28.1 Å². The Kier molecular flexibility index (Phi) is 6.01. The van der Waals surface area contributed by atoms with Crippen molar-refractivity contribution in [3.63, 3.8) is 0 Å². The number of anilines is 1. The van der Waals surface area contributed by atoms with Gasteiger partial charge in [0, 0.05) is 30.7 Å². The van der Waals surface area contributed by atoms with Gasteiger partial charge in [-0.25, -0.2) is 0 Å². The first-order valence-electron chi connectivity index (χ1n) is 5.43. The van der Waals surface area contributed by atoms with Crippen LogP contribution in [0.3, 0.4) is 0 Å². The highest BCUT2D eigenvalue weighted by atomic mass is 79.9. The molecule has 1 aromatic carbocycles. The van der Waals surface area contributed by atoms with Crippen molar-refractivity contribution in [2.45, 2.75) is 6.10 Å². The second-order valence-electron chi connectivity index (χ2n) is 4.02. The van der Waals surface area contributed by atoms with Gasteiger partial charge >= 0.3 is 0 Å². The van der Waals surface area contributed by atoms with Crippen LogP contribution in [-0.4, -0.2) is 43.5 Å². The van der Waals surface area contributed by atoms with E-state index in [4.69, 9.17) is 22.7 Å². The Morgan fingerprint density at radius 1 is 1.61 bits per heavy atom. The number of methoxy groups -OCH3 is 1. The third kappa shape index (κ3) is 4.20. The fourth-order valence-corrected chi connectivity index (χ4v) is 2.44. The first-order chi connectivity index (χ1) is 8.45. The Hall–Kier alpha value is -0.690. The van der Waals surface area contributed by atoms with Crippen LogP contribution in [0.1, 0.15) is 5.56 Å². The van der Waals surface area contributed by atoms with Gasteiger partial charge in [-0.2, -0.15) is 0 Å². The minimum absolute atomic E-state index is 0.312. The van der Waals surface area contributed by atoms with Gasteiger partial charge in [-0.05, 0) is 34.1 Å². The molecule has 100 valence electrons. The molecule has 6 heteroatoms. The normalized spacial score (nSPS) is 12.2. The molecule has 0 aliphatic rings. The number of hydrogen-bond acceptors (Lipinski definition) is 4. The number of nitrogens with two attached hydrogens (primary N) is 1. The van der Waals surface area contributed by atoms with E-state index in [1.807, 2.05) is 30.1 Å². The van der Waals surface area contributed by atoms with E-state index in [9.17, 15) is 5.11 Å². The summed E-state index contributed by atoms with van der Waals surface area (Å²) in [6, 6.07) is 5.65. The Bertz CT molecular complexity index is 429. The first-order valence-corrected chi connectivity index (χ1v) is 6.63. The number of ether oxygens (including phenoxy) is 1. The minimum Gasteiger partial charge on any atom is -0.389 e. The third-order valence-electron chi connectivity index (χ3n) is 2.49. The number of thiocarbonyl (C=S) groups is 1. The average Bonchev–Trinajstić information content (AvgIpc) is 2.28. The highest BCUT2D eigenvalue weighted by Gasteiger charge is 2.12. The summed E-state index contributed by atoms with van der Waals surface area (Å²) in [5.41, 5.74) is 7.34. The lowest BCUT2D eigenvalue weighted by molar-refractivity contribution is 0.0695. The summed E-state index contributed by atoms with van der Waals surface area (Å²) in [4.78, 5) is 2.31. The van der Waals surface area contributed by atoms with Crippen LogP contribution in [0.15, 0.2) is 22.7 Å². The maximum Gasteiger partial charge on any atom is 0.104 e. The summed E-state index contributed by atoms with van der Waals surface area (Å²) < 4.78 is 5.79. The zero-order chi connectivity index (χ0) is 13.7. The summed E-state index contributed by atoms with van der Waals surface area (Å²) >= 11 is 8.40. The largest absolute Gasteiger partial charge is 0.389 e. The Morgan fingerprint density at radius 2 is 2.28 bits per heavy atom. The van der Waals surface area contributed by atoms with E-state index in [1.165, 1.54) is 0 Å². The molecule has 0 saturated carbocycles. The maximum atomic E-state index is 9.69. The number of likely N-dealkylation sites (N-methyl/N-ethyl adjacent to an activating group) is 1. The number of aliphatic hydroxyl groups is 1. The highest BCUT2D eigenvalue weighted by molar-refractivity contribution is 9.10. The molecule has 0 bridgehead atoms. The number of hydrogen-bond donors (Lipinski definition) is 2. The number of aliphatic hydroxyl groups excluding tert-OH is 1. The number of nitrogens with zero attached hydrogens (tertiary/aromatic N) is 1. The molecule has 3 N–H and O–H groups in total. The molecular weight excluding hydrogens is 316 g/mol. The van der Waals surface area contributed by atoms with Crippen LogP contribution in [0.25, 0.3) is 0 Å². The van der Waals surface area contributed by atoms with E-state index >= 15 is 0 Å². The van der Waals surface area contributed by atoms with Crippen LogP contribution in [0.5, 0.6) is 0 Å². The molecule has 18 heavy (non-hydrogen) atoms. The molecule has 0 heterocycles. The third-order valence-corrected chi connectivity index (χ3v) is 3.36. The number of halogens is 1. The standard InChI is InChI=1S/C12H17BrN2O2S/c1-15(6-9(16)7-17-2)11-4-3-8(12(14)18)5-10(11)13/h3-5,9,16H,6-7H2,1-2H3,(H2,14,18). The van der Waals surface area contributed by atoms with Gasteiger partial charge < -0.3 is 20.5 Å². The van der Waals surface area contributed by atoms with Crippen molar-refractivity contribution in [2.75, 3.05) is 32.2 Å². The van der Waals surface area contributed by atoms with Crippen LogP contribution in [0, 0.1) is 0 Å². The van der Waals surface area contributed by atoms with Crippen molar-refractivity contribution >= 4 is 38.8 Å². The monoisotopic (exact) mass is 332 g/mol. The summed E-state index contributed by atoms with van der Waals surface area (Å²) in [5, 5.41) is 9.69. The lowest BCUT2D eigenvalue weighted by Crippen LogP contribution is -2.32. The maximum absolute atomic E-state index is 9.69. The number of rotatable bonds is 6. The molecule has 1 atom stereocenters. The average molecular weight is 333 g/mol. The minimum atomic E-state index is -0.526. The van der Waals surface area contributed by atoms with Crippen molar-refractivity contribution in [3.05, 3.63) is 28.2 Å². The molecule has 0 radical (unpaired) electrons. The van der Waals surface area contributed by atoms with Gasteiger partial charge in [-0.1, -0.05) is 12.2 Å². The summed E-state index contributed by atoms with van der Waals surface area (Å²) in [6.07, 6.45) is -0.526. The van der Waals surface area contributed by atoms with Crippen molar-refractivity contribution in [3.8, 4) is 0 Å². The Morgan fingerprint density at radius 3 is 2.78 bits per heavy atom. The Labute approximate surface area is 121 Å². The van der Waals surface area contributed by atoms with Gasteiger partial charge in [0.2, 0.25) is 0 Å². The highest BCUT2D eigenvalue weighted by Crippen LogP contribution is 2.26. The smallest absolute Gasteiger partial charge is 0.104 e. The summed E-state index contributed by atoms with van der Waals surface area (Å²) in [5.74, 6) is 0. The second kappa shape index (κ2) is 7.04. The number of benzene rings is 1. The predicted octanol–water partition coefficient (Wildman–Crippen LogP) is 1.53. The molecule has 1 rings (SSSR count). The van der Waals surface area contributed by atoms with Crippen LogP contribution in [0.4, 0.5) is 5.69 Å². The molecule has 1 aromatic rings. The summed E-state index contributed by atoms with van der Waals surface area (Å²) in [6.45, 7) is 0.797. The van der Waals surface area contributed by atoms with Gasteiger partial charge in [0.15, 0.2) is 0 Å². The second-order valence-corrected chi connectivity index (χ2v) is 5.31. The molecule has 1 unspecified atom stereocenters. The predicted molar refractivity (Wildman–Crippen MR) is 81.2 cm³/mol. The Balaban J connectivity index is 2.80. The topological polar surface area (TPSA) is 58.7 Å². The van der Waals surface area contributed by atoms with Crippen molar-refractivity contribution in [1.82, 2.24) is 0 Å². The molecule has 0 aliphatic carbocycles. The van der Waals surface area contributed by atoms with Crippen LogP contribution < -0.4 is 10.6 Å². The zero-order valence-electron chi connectivity index (χ0n) is 10.4. The van der Waals surface area contributed by atoms with Crippen LogP contribution in [-0.2, 0) is 4.74 Å². The molecule has 0 saturated heterocycles. The summed E-state index contributed by atoms with van der Waals surface area (Å²) in [7, 11) is 3.47. The van der Waals surface area contributed by atoms with Crippen LogP contribution in [0.2, 0.25) is 0 Å². The lowest BCUT2D eigenvalue weighted by atomic mass is 10.2. The molecular formula is C12H17BrN2O2S. The quantitative estimate of drug-likeness (QED) is 0.773. The molecule has 0 aliphatic heterocycles. The van der Waals surface area contributed by atoms with E-state index in [2.05, 4.69) is 15.9 Å². The van der Waals surface area contributed by atoms with Gasteiger partial charge in [0.25, 0.3) is 0 Å². The fourth-order valence-electron chi connectivity index (χ4n) is 1.63. The van der Waals surface area contributed by atoms with Crippen molar-refractivity contribution in [1.29, 1.82) is 0 Å². The van der Waals surface area contributed by atoms with E-state index in [0.29, 0.717) is 18.1 Å².